The van der Waals surface area contributed by atoms with E-state index < -0.39 is 0 Å². The van der Waals surface area contributed by atoms with E-state index in [1.54, 1.807) is 32.4 Å². The summed E-state index contributed by atoms with van der Waals surface area (Å²) >= 11 is 0. The van der Waals surface area contributed by atoms with Crippen LogP contribution >= 0.6 is 12.4 Å². The van der Waals surface area contributed by atoms with Gasteiger partial charge in [-0.2, -0.15) is 0 Å². The molecule has 2 atom stereocenters. The topological polar surface area (TPSA) is 59.6 Å². The minimum atomic E-state index is -0.106. The zero-order valence-corrected chi connectivity index (χ0v) is 13.5. The number of rotatable bonds is 4. The summed E-state index contributed by atoms with van der Waals surface area (Å²) in [6, 6.07) is 5.66. The van der Waals surface area contributed by atoms with Gasteiger partial charge < -0.3 is 20.1 Å². The van der Waals surface area contributed by atoms with E-state index in [2.05, 4.69) is 17.6 Å². The molecule has 0 aliphatic carbocycles. The molecule has 1 aromatic carbocycles. The SMILES string of the molecule is COc1ccc(C(=O)NC2CCCNC2C)c(OC)c1.Cl. The number of piperidine rings is 1. The monoisotopic (exact) mass is 314 g/mol. The van der Waals surface area contributed by atoms with Gasteiger partial charge >= 0.3 is 0 Å². The highest BCUT2D eigenvalue weighted by Gasteiger charge is 2.24. The maximum Gasteiger partial charge on any atom is 0.255 e. The molecule has 2 rings (SSSR count). The van der Waals surface area contributed by atoms with Gasteiger partial charge in [0, 0.05) is 18.2 Å². The third kappa shape index (κ3) is 4.25. The minimum Gasteiger partial charge on any atom is -0.497 e. The Morgan fingerprint density at radius 2 is 2.10 bits per heavy atom. The van der Waals surface area contributed by atoms with Crippen LogP contribution in [-0.2, 0) is 0 Å². The smallest absolute Gasteiger partial charge is 0.255 e. The molecule has 1 fully saturated rings. The fraction of sp³-hybridized carbons (Fsp3) is 0.533. The minimum absolute atomic E-state index is 0. The molecule has 1 amide bonds. The summed E-state index contributed by atoms with van der Waals surface area (Å²) in [7, 11) is 3.14. The number of nitrogens with one attached hydrogen (secondary N) is 2. The fourth-order valence-corrected chi connectivity index (χ4v) is 2.47. The van der Waals surface area contributed by atoms with E-state index in [0.29, 0.717) is 17.1 Å². The number of ether oxygens (including phenoxy) is 2. The third-order valence-electron chi connectivity index (χ3n) is 3.73. The molecule has 21 heavy (non-hydrogen) atoms. The molecule has 118 valence electrons. The van der Waals surface area contributed by atoms with Gasteiger partial charge in [0.1, 0.15) is 11.5 Å². The quantitative estimate of drug-likeness (QED) is 0.892. The van der Waals surface area contributed by atoms with Crippen LogP contribution in [0.15, 0.2) is 18.2 Å². The number of methoxy groups -OCH3 is 2. The molecule has 1 aliphatic rings. The number of hydrogen-bond acceptors (Lipinski definition) is 4. The Kier molecular flexibility index (Phi) is 6.78. The van der Waals surface area contributed by atoms with Crippen molar-refractivity contribution in [1.29, 1.82) is 0 Å². The molecule has 0 aromatic heterocycles. The van der Waals surface area contributed by atoms with Crippen molar-refractivity contribution in [2.24, 2.45) is 0 Å². The number of halogens is 1. The van der Waals surface area contributed by atoms with Gasteiger partial charge in [0.15, 0.2) is 0 Å². The first kappa shape index (κ1) is 17.6. The molecule has 1 saturated heterocycles. The predicted octanol–water partition coefficient (Wildman–Crippen LogP) is 2.00. The first-order valence-corrected chi connectivity index (χ1v) is 6.92. The number of benzene rings is 1. The Hall–Kier alpha value is -1.46. The van der Waals surface area contributed by atoms with Crippen LogP contribution in [0.5, 0.6) is 11.5 Å². The van der Waals surface area contributed by atoms with Crippen molar-refractivity contribution in [2.45, 2.75) is 31.8 Å². The highest BCUT2D eigenvalue weighted by atomic mass is 35.5. The second-order valence-electron chi connectivity index (χ2n) is 5.03. The summed E-state index contributed by atoms with van der Waals surface area (Å²) in [6.07, 6.45) is 2.08. The molecule has 1 heterocycles. The molecule has 0 saturated carbocycles. The summed E-state index contributed by atoms with van der Waals surface area (Å²) in [6.45, 7) is 3.11. The molecule has 2 N–H and O–H groups in total. The molecule has 0 radical (unpaired) electrons. The number of amides is 1. The van der Waals surface area contributed by atoms with Crippen molar-refractivity contribution in [1.82, 2.24) is 10.6 Å². The molecule has 2 unspecified atom stereocenters. The Labute approximate surface area is 131 Å². The normalized spacial score (nSPS) is 21.1. The summed E-state index contributed by atoms with van der Waals surface area (Å²) in [5, 5.41) is 6.44. The second kappa shape index (κ2) is 8.10. The lowest BCUT2D eigenvalue weighted by Gasteiger charge is -2.30. The summed E-state index contributed by atoms with van der Waals surface area (Å²) in [4.78, 5) is 12.4. The molecular weight excluding hydrogens is 292 g/mol. The Morgan fingerprint density at radius 1 is 1.33 bits per heavy atom. The van der Waals surface area contributed by atoms with Crippen molar-refractivity contribution in [2.75, 3.05) is 20.8 Å². The lowest BCUT2D eigenvalue weighted by Crippen LogP contribution is -2.51. The number of hydrogen-bond donors (Lipinski definition) is 2. The molecule has 6 heteroatoms. The number of carbonyl (C=O) groups excluding carboxylic acids is 1. The van der Waals surface area contributed by atoms with Crippen molar-refractivity contribution < 1.29 is 14.3 Å². The van der Waals surface area contributed by atoms with E-state index in [1.165, 1.54) is 0 Å². The van der Waals surface area contributed by atoms with E-state index in [4.69, 9.17) is 9.47 Å². The first-order chi connectivity index (χ1) is 9.65. The van der Waals surface area contributed by atoms with Crippen LogP contribution in [0.4, 0.5) is 0 Å². The highest BCUT2D eigenvalue weighted by Crippen LogP contribution is 2.24. The van der Waals surface area contributed by atoms with Crippen LogP contribution in [-0.4, -0.2) is 38.8 Å². The summed E-state index contributed by atoms with van der Waals surface area (Å²) in [5.41, 5.74) is 0.533. The number of carbonyl (C=O) groups is 1. The van der Waals surface area contributed by atoms with E-state index in [1.807, 2.05) is 0 Å². The largest absolute Gasteiger partial charge is 0.497 e. The third-order valence-corrected chi connectivity index (χ3v) is 3.73. The Bertz CT molecular complexity index is 482. The van der Waals surface area contributed by atoms with Gasteiger partial charge in [-0.05, 0) is 38.4 Å². The maximum absolute atomic E-state index is 12.4. The van der Waals surface area contributed by atoms with Gasteiger partial charge in [0.25, 0.3) is 5.91 Å². The molecule has 5 nitrogen and oxygen atoms in total. The van der Waals surface area contributed by atoms with E-state index in [9.17, 15) is 4.79 Å². The fourth-order valence-electron chi connectivity index (χ4n) is 2.47. The van der Waals surface area contributed by atoms with Gasteiger partial charge in [0.2, 0.25) is 0 Å². The van der Waals surface area contributed by atoms with Crippen LogP contribution in [0.25, 0.3) is 0 Å². The van der Waals surface area contributed by atoms with Gasteiger partial charge in [-0.1, -0.05) is 0 Å². The lowest BCUT2D eigenvalue weighted by atomic mass is 9.99. The van der Waals surface area contributed by atoms with Gasteiger partial charge in [-0.3, -0.25) is 4.79 Å². The maximum atomic E-state index is 12.4. The van der Waals surface area contributed by atoms with Crippen molar-refractivity contribution >= 4 is 18.3 Å². The van der Waals surface area contributed by atoms with Crippen molar-refractivity contribution in [3.05, 3.63) is 23.8 Å². The molecule has 1 aliphatic heterocycles. The highest BCUT2D eigenvalue weighted by molar-refractivity contribution is 5.97. The van der Waals surface area contributed by atoms with Crippen LogP contribution in [0.3, 0.4) is 0 Å². The zero-order valence-electron chi connectivity index (χ0n) is 12.6. The summed E-state index contributed by atoms with van der Waals surface area (Å²) in [5.74, 6) is 1.09. The van der Waals surface area contributed by atoms with Gasteiger partial charge in [-0.25, -0.2) is 0 Å². The standard InChI is InChI=1S/C15H22N2O3.ClH/c1-10-13(5-4-8-16-10)17-15(18)12-7-6-11(19-2)9-14(12)20-3;/h6-7,9-10,13,16H,4-5,8H2,1-3H3,(H,17,18);1H. The predicted molar refractivity (Wildman–Crippen MR) is 84.7 cm³/mol. The van der Waals surface area contributed by atoms with Crippen LogP contribution < -0.4 is 20.1 Å². The molecular formula is C15H23ClN2O3. The van der Waals surface area contributed by atoms with Crippen LogP contribution in [0.2, 0.25) is 0 Å². The van der Waals surface area contributed by atoms with Crippen molar-refractivity contribution in [3.8, 4) is 11.5 Å². The van der Waals surface area contributed by atoms with Gasteiger partial charge in [0.05, 0.1) is 19.8 Å². The summed E-state index contributed by atoms with van der Waals surface area (Å²) < 4.78 is 10.4. The van der Waals surface area contributed by atoms with E-state index in [-0.39, 0.29) is 30.4 Å². The molecule has 0 spiro atoms. The Balaban J connectivity index is 0.00000220. The van der Waals surface area contributed by atoms with Gasteiger partial charge in [-0.15, -0.1) is 12.4 Å². The zero-order chi connectivity index (χ0) is 14.5. The molecule has 0 bridgehead atoms. The lowest BCUT2D eigenvalue weighted by molar-refractivity contribution is 0.0916. The van der Waals surface area contributed by atoms with E-state index >= 15 is 0 Å². The Morgan fingerprint density at radius 3 is 2.71 bits per heavy atom. The van der Waals surface area contributed by atoms with Crippen LogP contribution in [0, 0.1) is 0 Å². The molecule has 1 aromatic rings. The van der Waals surface area contributed by atoms with Crippen LogP contribution in [0.1, 0.15) is 30.1 Å². The van der Waals surface area contributed by atoms with E-state index in [0.717, 1.165) is 19.4 Å². The average Bonchev–Trinajstić information content (AvgIpc) is 2.48. The van der Waals surface area contributed by atoms with Crippen molar-refractivity contribution in [3.63, 3.8) is 0 Å². The second-order valence-corrected chi connectivity index (χ2v) is 5.03. The average molecular weight is 315 g/mol. The first-order valence-electron chi connectivity index (χ1n) is 6.92.